The molecule has 2 aliphatic heterocycles. The molecule has 0 atom stereocenters. The first kappa shape index (κ1) is 19.7. The molecule has 2 N–H and O–H groups in total. The number of piperazine rings is 1. The Hall–Kier alpha value is -2.61. The van der Waals surface area contributed by atoms with E-state index in [9.17, 15) is 9.59 Å². The molecule has 0 saturated carbocycles. The number of nitrogen functional groups attached to an aromatic ring is 1. The lowest BCUT2D eigenvalue weighted by atomic mass is 10.1. The maximum atomic E-state index is 13.0. The van der Waals surface area contributed by atoms with Crippen molar-refractivity contribution in [3.05, 3.63) is 39.9 Å². The Labute approximate surface area is 175 Å². The van der Waals surface area contributed by atoms with Crippen molar-refractivity contribution in [1.82, 2.24) is 14.2 Å². The van der Waals surface area contributed by atoms with Crippen molar-refractivity contribution >= 4 is 34.7 Å². The second kappa shape index (κ2) is 8.02. The molecule has 2 saturated heterocycles. The molecule has 8 heteroatoms. The quantitative estimate of drug-likeness (QED) is 0.836. The molecule has 0 aliphatic carbocycles. The summed E-state index contributed by atoms with van der Waals surface area (Å²) in [5.74, 6) is -0.281. The van der Waals surface area contributed by atoms with Crippen LogP contribution in [0, 0.1) is 13.8 Å². The van der Waals surface area contributed by atoms with Gasteiger partial charge in [0.1, 0.15) is 4.88 Å². The fourth-order valence-corrected chi connectivity index (χ4v) is 4.81. The Bertz CT molecular complexity index is 927. The number of anilines is 2. The van der Waals surface area contributed by atoms with Gasteiger partial charge >= 0.3 is 0 Å². The molecule has 29 heavy (non-hydrogen) atoms. The Morgan fingerprint density at radius 1 is 0.966 bits per heavy atom. The molecular weight excluding hydrogens is 386 g/mol. The number of hydrogen-bond acceptors (Lipinski definition) is 6. The smallest absolute Gasteiger partial charge is 0.275 e. The summed E-state index contributed by atoms with van der Waals surface area (Å²) in [5, 5.41) is 0. The topological polar surface area (TPSA) is 82.8 Å². The monoisotopic (exact) mass is 413 g/mol. The van der Waals surface area contributed by atoms with Gasteiger partial charge in [-0.15, -0.1) is 0 Å². The normalized spacial score (nSPS) is 17.1. The van der Waals surface area contributed by atoms with Gasteiger partial charge in [-0.25, -0.2) is 0 Å². The van der Waals surface area contributed by atoms with Gasteiger partial charge in [0.15, 0.2) is 5.69 Å². The third-order valence-electron chi connectivity index (χ3n) is 6.00. The lowest BCUT2D eigenvalue weighted by Gasteiger charge is -2.36. The standard InChI is InChI=1S/C21H27N5O2S/c1-14-6-5-7-16(15(14)2)24-10-12-26(13-11-24)21(28)19-17(22)18(23-29-19)20(27)25-8-3-4-9-25/h5-7H,3-4,8-13,22H2,1-2H3. The van der Waals surface area contributed by atoms with Crippen LogP contribution in [0.2, 0.25) is 0 Å². The van der Waals surface area contributed by atoms with Crippen molar-refractivity contribution < 1.29 is 9.59 Å². The van der Waals surface area contributed by atoms with Gasteiger partial charge in [-0.05, 0) is 55.4 Å². The highest BCUT2D eigenvalue weighted by Gasteiger charge is 2.30. The molecule has 0 radical (unpaired) electrons. The summed E-state index contributed by atoms with van der Waals surface area (Å²) in [6.07, 6.45) is 2.01. The number of hydrogen-bond donors (Lipinski definition) is 1. The van der Waals surface area contributed by atoms with E-state index in [2.05, 4.69) is 41.3 Å². The molecule has 4 rings (SSSR count). The number of benzene rings is 1. The number of nitrogens with two attached hydrogens (primary N) is 1. The van der Waals surface area contributed by atoms with Crippen LogP contribution in [0.15, 0.2) is 18.2 Å². The van der Waals surface area contributed by atoms with E-state index >= 15 is 0 Å². The number of rotatable bonds is 3. The van der Waals surface area contributed by atoms with Gasteiger partial charge in [-0.3, -0.25) is 9.59 Å². The molecule has 0 unspecified atom stereocenters. The van der Waals surface area contributed by atoms with Crippen molar-refractivity contribution in [2.24, 2.45) is 0 Å². The predicted molar refractivity (Wildman–Crippen MR) is 116 cm³/mol. The second-order valence-corrected chi connectivity index (χ2v) is 8.54. The first-order valence-corrected chi connectivity index (χ1v) is 10.9. The minimum absolute atomic E-state index is 0.124. The van der Waals surface area contributed by atoms with Gasteiger partial charge in [0.2, 0.25) is 0 Å². The number of aryl methyl sites for hydroxylation is 1. The first-order valence-electron chi connectivity index (χ1n) is 10.1. The molecule has 154 valence electrons. The third kappa shape index (κ3) is 3.69. The second-order valence-electron chi connectivity index (χ2n) is 7.77. The van der Waals surface area contributed by atoms with E-state index in [1.54, 1.807) is 4.90 Å². The summed E-state index contributed by atoms with van der Waals surface area (Å²) in [6, 6.07) is 6.33. The fourth-order valence-electron chi connectivity index (χ4n) is 4.05. The fraction of sp³-hybridized carbons (Fsp3) is 0.476. The Balaban J connectivity index is 1.43. The number of amides is 2. The van der Waals surface area contributed by atoms with Crippen LogP contribution in [0.5, 0.6) is 0 Å². The highest BCUT2D eigenvalue weighted by atomic mass is 32.1. The van der Waals surface area contributed by atoms with Gasteiger partial charge in [0.05, 0.1) is 5.69 Å². The van der Waals surface area contributed by atoms with Gasteiger partial charge < -0.3 is 20.4 Å². The number of nitrogens with zero attached hydrogens (tertiary/aromatic N) is 4. The van der Waals surface area contributed by atoms with Gasteiger partial charge in [0.25, 0.3) is 11.8 Å². The van der Waals surface area contributed by atoms with Crippen molar-refractivity contribution in [1.29, 1.82) is 0 Å². The SMILES string of the molecule is Cc1cccc(N2CCN(C(=O)c3snc(C(=O)N4CCCC4)c3N)CC2)c1C. The zero-order valence-electron chi connectivity index (χ0n) is 17.0. The summed E-state index contributed by atoms with van der Waals surface area (Å²) in [6.45, 7) is 8.52. The summed E-state index contributed by atoms with van der Waals surface area (Å²) in [5.41, 5.74) is 10.4. The van der Waals surface area contributed by atoms with E-state index in [-0.39, 0.29) is 23.2 Å². The lowest BCUT2D eigenvalue weighted by Crippen LogP contribution is -2.49. The van der Waals surface area contributed by atoms with Gasteiger partial charge in [0, 0.05) is 45.0 Å². The molecule has 2 aliphatic rings. The average Bonchev–Trinajstić information content (AvgIpc) is 3.39. The van der Waals surface area contributed by atoms with E-state index in [0.29, 0.717) is 18.0 Å². The Morgan fingerprint density at radius 3 is 2.31 bits per heavy atom. The predicted octanol–water partition coefficient (Wildman–Crippen LogP) is 2.54. The lowest BCUT2D eigenvalue weighted by molar-refractivity contribution is 0.0752. The van der Waals surface area contributed by atoms with E-state index in [1.807, 2.05) is 4.90 Å². The summed E-state index contributed by atoms with van der Waals surface area (Å²) in [7, 11) is 0. The van der Waals surface area contributed by atoms with Crippen LogP contribution < -0.4 is 10.6 Å². The summed E-state index contributed by atoms with van der Waals surface area (Å²) >= 11 is 1.04. The van der Waals surface area contributed by atoms with Crippen molar-refractivity contribution in [3.8, 4) is 0 Å². The minimum atomic E-state index is -0.157. The van der Waals surface area contributed by atoms with Crippen LogP contribution in [0.25, 0.3) is 0 Å². The maximum Gasteiger partial charge on any atom is 0.275 e. The molecule has 2 aromatic rings. The Morgan fingerprint density at radius 2 is 1.62 bits per heavy atom. The molecule has 0 bridgehead atoms. The molecule has 1 aromatic carbocycles. The van der Waals surface area contributed by atoms with Gasteiger partial charge in [-0.2, -0.15) is 4.37 Å². The van der Waals surface area contributed by atoms with Crippen LogP contribution in [-0.4, -0.2) is 65.3 Å². The zero-order chi connectivity index (χ0) is 20.5. The highest BCUT2D eigenvalue weighted by Crippen LogP contribution is 2.28. The molecule has 7 nitrogen and oxygen atoms in total. The highest BCUT2D eigenvalue weighted by molar-refractivity contribution is 7.09. The van der Waals surface area contributed by atoms with Crippen LogP contribution in [0.4, 0.5) is 11.4 Å². The number of carbonyl (C=O) groups excluding carboxylic acids is 2. The van der Waals surface area contributed by atoms with Crippen LogP contribution in [0.3, 0.4) is 0 Å². The van der Waals surface area contributed by atoms with Gasteiger partial charge in [-0.1, -0.05) is 12.1 Å². The number of aromatic nitrogens is 1. The molecule has 2 amide bonds. The average molecular weight is 414 g/mol. The molecule has 3 heterocycles. The first-order chi connectivity index (χ1) is 14.0. The van der Waals surface area contributed by atoms with Crippen LogP contribution in [-0.2, 0) is 0 Å². The van der Waals surface area contributed by atoms with Crippen LogP contribution in [0.1, 0.15) is 44.1 Å². The summed E-state index contributed by atoms with van der Waals surface area (Å²) in [4.78, 5) is 31.9. The Kier molecular flexibility index (Phi) is 5.45. The third-order valence-corrected chi connectivity index (χ3v) is 6.85. The molecular formula is C21H27N5O2S. The molecule has 1 aromatic heterocycles. The van der Waals surface area contributed by atoms with Crippen LogP contribution >= 0.6 is 11.5 Å². The largest absolute Gasteiger partial charge is 0.395 e. The minimum Gasteiger partial charge on any atom is -0.395 e. The summed E-state index contributed by atoms with van der Waals surface area (Å²) < 4.78 is 4.23. The van der Waals surface area contributed by atoms with Crippen molar-refractivity contribution in [2.75, 3.05) is 49.9 Å². The number of carbonyl (C=O) groups is 2. The molecule has 2 fully saturated rings. The van der Waals surface area contributed by atoms with E-state index in [4.69, 9.17) is 5.73 Å². The maximum absolute atomic E-state index is 13.0. The van der Waals surface area contributed by atoms with E-state index < -0.39 is 0 Å². The van der Waals surface area contributed by atoms with Crippen molar-refractivity contribution in [3.63, 3.8) is 0 Å². The van der Waals surface area contributed by atoms with E-state index in [1.165, 1.54) is 16.8 Å². The van der Waals surface area contributed by atoms with E-state index in [0.717, 1.165) is 50.6 Å². The zero-order valence-corrected chi connectivity index (χ0v) is 17.8. The number of likely N-dealkylation sites (tertiary alicyclic amines) is 1. The molecule has 0 spiro atoms. The van der Waals surface area contributed by atoms with Crippen molar-refractivity contribution in [2.45, 2.75) is 26.7 Å².